The van der Waals surface area contributed by atoms with Crippen LogP contribution in [0.4, 0.5) is 0 Å². The molecule has 0 spiro atoms. The minimum atomic E-state index is -0.392. The van der Waals surface area contributed by atoms with Crippen molar-refractivity contribution >= 4 is 11.6 Å². The molecule has 2 aromatic rings. The minimum Gasteiger partial charge on any atom is -0.486 e. The predicted octanol–water partition coefficient (Wildman–Crippen LogP) is 2.20. The van der Waals surface area contributed by atoms with E-state index >= 15 is 0 Å². The average Bonchev–Trinajstić information content (AvgIpc) is 3.06. The van der Waals surface area contributed by atoms with Crippen molar-refractivity contribution < 1.29 is 18.7 Å². The number of rotatable bonds is 3. The molecule has 3 rings (SSSR count). The van der Waals surface area contributed by atoms with Gasteiger partial charge < -0.3 is 13.9 Å². The van der Waals surface area contributed by atoms with Crippen molar-refractivity contribution in [3.05, 3.63) is 47.9 Å². The molecule has 1 aromatic carbocycles. The SMILES string of the molecule is C/C(=N/NC(=O)c1ccco1)c1ccc2c(c1)OCCO2. The summed E-state index contributed by atoms with van der Waals surface area (Å²) in [6.07, 6.45) is 1.44. The Labute approximate surface area is 121 Å². The summed E-state index contributed by atoms with van der Waals surface area (Å²) < 4.78 is 16.0. The number of furan rings is 1. The number of carbonyl (C=O) groups is 1. The van der Waals surface area contributed by atoms with E-state index in [1.54, 1.807) is 19.1 Å². The van der Waals surface area contributed by atoms with Crippen molar-refractivity contribution in [1.29, 1.82) is 0 Å². The number of nitrogens with one attached hydrogen (secondary N) is 1. The largest absolute Gasteiger partial charge is 0.486 e. The Balaban J connectivity index is 1.74. The van der Waals surface area contributed by atoms with Gasteiger partial charge in [-0.3, -0.25) is 4.79 Å². The highest BCUT2D eigenvalue weighted by Crippen LogP contribution is 2.30. The summed E-state index contributed by atoms with van der Waals surface area (Å²) in [5.41, 5.74) is 3.95. The molecule has 0 atom stereocenters. The van der Waals surface area contributed by atoms with E-state index in [4.69, 9.17) is 13.9 Å². The van der Waals surface area contributed by atoms with Crippen molar-refractivity contribution in [1.82, 2.24) is 5.43 Å². The molecule has 21 heavy (non-hydrogen) atoms. The molecule has 0 saturated carbocycles. The lowest BCUT2D eigenvalue weighted by Gasteiger charge is -2.18. The Hall–Kier alpha value is -2.76. The first kappa shape index (κ1) is 13.2. The number of benzene rings is 1. The lowest BCUT2D eigenvalue weighted by atomic mass is 10.1. The fraction of sp³-hybridized carbons (Fsp3) is 0.200. The van der Waals surface area contributed by atoms with Gasteiger partial charge in [0, 0.05) is 5.56 Å². The molecular weight excluding hydrogens is 272 g/mol. The van der Waals surface area contributed by atoms with Crippen LogP contribution < -0.4 is 14.9 Å². The average molecular weight is 286 g/mol. The van der Waals surface area contributed by atoms with Crippen molar-refractivity contribution in [2.75, 3.05) is 13.2 Å². The molecule has 0 unspecified atom stereocenters. The molecule has 1 amide bonds. The summed E-state index contributed by atoms with van der Waals surface area (Å²) >= 11 is 0. The summed E-state index contributed by atoms with van der Waals surface area (Å²) in [5, 5.41) is 4.06. The molecule has 1 aromatic heterocycles. The molecule has 6 heteroatoms. The van der Waals surface area contributed by atoms with Gasteiger partial charge in [-0.25, -0.2) is 5.43 Å². The van der Waals surface area contributed by atoms with Gasteiger partial charge in [-0.2, -0.15) is 5.10 Å². The molecule has 0 radical (unpaired) electrons. The molecule has 0 aliphatic carbocycles. The van der Waals surface area contributed by atoms with Crippen LogP contribution >= 0.6 is 0 Å². The molecule has 108 valence electrons. The molecule has 1 aliphatic rings. The molecule has 1 aliphatic heterocycles. The van der Waals surface area contributed by atoms with Crippen LogP contribution in [0.3, 0.4) is 0 Å². The van der Waals surface area contributed by atoms with Crippen LogP contribution in [0.25, 0.3) is 0 Å². The Morgan fingerprint density at radius 2 is 2.00 bits per heavy atom. The highest BCUT2D eigenvalue weighted by atomic mass is 16.6. The van der Waals surface area contributed by atoms with Crippen LogP contribution in [0.15, 0.2) is 46.1 Å². The predicted molar refractivity (Wildman–Crippen MR) is 75.8 cm³/mol. The van der Waals surface area contributed by atoms with Crippen LogP contribution in [-0.4, -0.2) is 24.8 Å². The zero-order valence-electron chi connectivity index (χ0n) is 11.5. The van der Waals surface area contributed by atoms with Crippen molar-refractivity contribution in [3.8, 4) is 11.5 Å². The van der Waals surface area contributed by atoms with Gasteiger partial charge in [-0.05, 0) is 37.3 Å². The van der Waals surface area contributed by atoms with E-state index in [1.165, 1.54) is 6.26 Å². The maximum absolute atomic E-state index is 11.7. The van der Waals surface area contributed by atoms with Crippen molar-refractivity contribution in [3.63, 3.8) is 0 Å². The van der Waals surface area contributed by atoms with E-state index in [1.807, 2.05) is 18.2 Å². The van der Waals surface area contributed by atoms with E-state index in [2.05, 4.69) is 10.5 Å². The van der Waals surface area contributed by atoms with E-state index in [0.29, 0.717) is 24.7 Å². The van der Waals surface area contributed by atoms with Gasteiger partial charge >= 0.3 is 5.91 Å². The molecule has 1 N–H and O–H groups in total. The quantitative estimate of drug-likeness (QED) is 0.693. The van der Waals surface area contributed by atoms with Gasteiger partial charge in [0.25, 0.3) is 0 Å². The molecule has 0 saturated heterocycles. The summed E-state index contributed by atoms with van der Waals surface area (Å²) in [6, 6.07) is 8.76. The van der Waals surface area contributed by atoms with E-state index < -0.39 is 5.91 Å². The van der Waals surface area contributed by atoms with Gasteiger partial charge in [0.05, 0.1) is 12.0 Å². The molecule has 6 nitrogen and oxygen atoms in total. The Morgan fingerprint density at radius 3 is 2.76 bits per heavy atom. The van der Waals surface area contributed by atoms with Crippen LogP contribution in [0.2, 0.25) is 0 Å². The summed E-state index contributed by atoms with van der Waals surface area (Å²) in [4.78, 5) is 11.7. The number of amides is 1. The second-order valence-corrected chi connectivity index (χ2v) is 4.47. The third-order valence-electron chi connectivity index (χ3n) is 3.03. The smallest absolute Gasteiger partial charge is 0.307 e. The first-order valence-corrected chi connectivity index (χ1v) is 6.52. The molecule has 2 heterocycles. The zero-order chi connectivity index (χ0) is 14.7. The Bertz CT molecular complexity index is 677. The third-order valence-corrected chi connectivity index (χ3v) is 3.03. The monoisotopic (exact) mass is 286 g/mol. The van der Waals surface area contributed by atoms with Crippen LogP contribution in [0.1, 0.15) is 23.0 Å². The summed E-state index contributed by atoms with van der Waals surface area (Å²) in [6.45, 7) is 2.88. The lowest BCUT2D eigenvalue weighted by molar-refractivity contribution is 0.0927. The normalized spacial score (nSPS) is 13.9. The van der Waals surface area contributed by atoms with Crippen molar-refractivity contribution in [2.24, 2.45) is 5.10 Å². The molecule has 0 fully saturated rings. The van der Waals surface area contributed by atoms with E-state index in [0.717, 1.165) is 11.3 Å². The topological polar surface area (TPSA) is 73.1 Å². The first-order valence-electron chi connectivity index (χ1n) is 6.52. The Morgan fingerprint density at radius 1 is 1.19 bits per heavy atom. The number of hydrogen-bond donors (Lipinski definition) is 1. The van der Waals surface area contributed by atoms with Gasteiger partial charge in [-0.15, -0.1) is 0 Å². The maximum Gasteiger partial charge on any atom is 0.307 e. The number of ether oxygens (including phenoxy) is 2. The molecular formula is C15H14N2O4. The second kappa shape index (κ2) is 5.70. The fourth-order valence-corrected chi connectivity index (χ4v) is 1.93. The Kier molecular flexibility index (Phi) is 3.59. The van der Waals surface area contributed by atoms with Crippen LogP contribution in [0.5, 0.6) is 11.5 Å². The summed E-state index contributed by atoms with van der Waals surface area (Å²) in [7, 11) is 0. The van der Waals surface area contributed by atoms with Gasteiger partial charge in [-0.1, -0.05) is 0 Å². The van der Waals surface area contributed by atoms with Crippen LogP contribution in [-0.2, 0) is 0 Å². The maximum atomic E-state index is 11.7. The second-order valence-electron chi connectivity index (χ2n) is 4.47. The van der Waals surface area contributed by atoms with E-state index in [-0.39, 0.29) is 5.76 Å². The number of fused-ring (bicyclic) bond motifs is 1. The number of carbonyl (C=O) groups excluding carboxylic acids is 1. The van der Waals surface area contributed by atoms with Gasteiger partial charge in [0.15, 0.2) is 17.3 Å². The highest BCUT2D eigenvalue weighted by molar-refractivity contribution is 6.00. The zero-order valence-corrected chi connectivity index (χ0v) is 11.5. The third kappa shape index (κ3) is 2.89. The number of hydrogen-bond acceptors (Lipinski definition) is 5. The fourth-order valence-electron chi connectivity index (χ4n) is 1.93. The van der Waals surface area contributed by atoms with E-state index in [9.17, 15) is 4.79 Å². The number of nitrogens with zero attached hydrogens (tertiary/aromatic N) is 1. The van der Waals surface area contributed by atoms with Crippen molar-refractivity contribution in [2.45, 2.75) is 6.92 Å². The van der Waals surface area contributed by atoms with Gasteiger partial charge in [0.1, 0.15) is 13.2 Å². The molecule has 0 bridgehead atoms. The lowest BCUT2D eigenvalue weighted by Crippen LogP contribution is -2.19. The van der Waals surface area contributed by atoms with Gasteiger partial charge in [0.2, 0.25) is 0 Å². The minimum absolute atomic E-state index is 0.216. The number of hydrazone groups is 1. The van der Waals surface area contributed by atoms with Crippen LogP contribution in [0, 0.1) is 0 Å². The summed E-state index contributed by atoms with van der Waals surface area (Å²) in [5.74, 6) is 1.23. The standard InChI is InChI=1S/C15H14N2O4/c1-10(16-17-15(18)13-3-2-6-19-13)11-4-5-12-14(9-11)21-8-7-20-12/h2-6,9H,7-8H2,1H3,(H,17,18)/b16-10-. The first-order chi connectivity index (χ1) is 10.2. The highest BCUT2D eigenvalue weighted by Gasteiger charge is 2.13.